The summed E-state index contributed by atoms with van der Waals surface area (Å²) in [5.74, 6) is 0. The summed E-state index contributed by atoms with van der Waals surface area (Å²) >= 11 is 0. The fourth-order valence-corrected chi connectivity index (χ4v) is 4.04. The van der Waals surface area contributed by atoms with Crippen molar-refractivity contribution in [1.82, 2.24) is 9.29 Å². The average Bonchev–Trinajstić information content (AvgIpc) is 2.37. The van der Waals surface area contributed by atoms with Crippen molar-refractivity contribution >= 4 is 26.6 Å². The van der Waals surface area contributed by atoms with E-state index in [0.29, 0.717) is 16.6 Å². The summed E-state index contributed by atoms with van der Waals surface area (Å²) in [4.78, 5) is 4.44. The van der Waals surface area contributed by atoms with Crippen molar-refractivity contribution in [2.24, 2.45) is 0 Å². The standard InChI is InChI=1S/C14H17N3O2S/c1-17(10-4-2-5-10)20(18,19)13-8-7-12(15)11-6-3-9-16-14(11)13/h3,6-10H,2,4-5,15H2,1H3. The molecule has 1 fully saturated rings. The molecule has 3 rings (SSSR count). The zero-order valence-corrected chi connectivity index (χ0v) is 12.1. The molecule has 0 atom stereocenters. The SMILES string of the molecule is CN(C1CCC1)S(=O)(=O)c1ccc(N)c2cccnc12. The molecule has 1 aliphatic carbocycles. The van der Waals surface area contributed by atoms with Crippen molar-refractivity contribution < 1.29 is 8.42 Å². The first-order valence-electron chi connectivity index (χ1n) is 6.63. The number of aromatic nitrogens is 1. The third-order valence-corrected chi connectivity index (χ3v) is 5.95. The molecule has 0 spiro atoms. The Kier molecular flexibility index (Phi) is 3.14. The minimum Gasteiger partial charge on any atom is -0.398 e. The molecule has 0 unspecified atom stereocenters. The van der Waals surface area contributed by atoms with Crippen molar-refractivity contribution in [3.05, 3.63) is 30.5 Å². The van der Waals surface area contributed by atoms with Gasteiger partial charge in [-0.3, -0.25) is 4.98 Å². The number of hydrogen-bond acceptors (Lipinski definition) is 4. The van der Waals surface area contributed by atoms with Crippen LogP contribution in [0.25, 0.3) is 10.9 Å². The monoisotopic (exact) mass is 291 g/mol. The van der Waals surface area contributed by atoms with E-state index in [4.69, 9.17) is 5.73 Å². The van der Waals surface area contributed by atoms with Gasteiger partial charge in [0.1, 0.15) is 4.90 Å². The van der Waals surface area contributed by atoms with Crippen LogP contribution in [0.5, 0.6) is 0 Å². The number of benzene rings is 1. The van der Waals surface area contributed by atoms with Gasteiger partial charge in [-0.05, 0) is 37.1 Å². The number of hydrogen-bond donors (Lipinski definition) is 1. The second-order valence-electron chi connectivity index (χ2n) is 5.16. The number of fused-ring (bicyclic) bond motifs is 1. The van der Waals surface area contributed by atoms with Crippen LogP contribution in [0.15, 0.2) is 35.4 Å². The van der Waals surface area contributed by atoms with E-state index >= 15 is 0 Å². The maximum absolute atomic E-state index is 12.7. The summed E-state index contributed by atoms with van der Waals surface area (Å²) in [5.41, 5.74) is 6.88. The third-order valence-electron chi connectivity index (χ3n) is 4.01. The summed E-state index contributed by atoms with van der Waals surface area (Å²) in [5, 5.41) is 0.676. The number of nitrogens with two attached hydrogens (primary N) is 1. The smallest absolute Gasteiger partial charge is 0.245 e. The lowest BCUT2D eigenvalue weighted by Gasteiger charge is -2.33. The van der Waals surface area contributed by atoms with E-state index in [1.807, 2.05) is 0 Å². The lowest BCUT2D eigenvalue weighted by molar-refractivity contribution is 0.250. The average molecular weight is 291 g/mol. The zero-order valence-electron chi connectivity index (χ0n) is 11.3. The Morgan fingerprint density at radius 3 is 2.70 bits per heavy atom. The Balaban J connectivity index is 2.16. The van der Waals surface area contributed by atoms with Crippen molar-refractivity contribution in [3.63, 3.8) is 0 Å². The van der Waals surface area contributed by atoms with Crippen LogP contribution in [0, 0.1) is 0 Å². The van der Waals surface area contributed by atoms with E-state index in [9.17, 15) is 8.42 Å². The maximum atomic E-state index is 12.7. The van der Waals surface area contributed by atoms with Gasteiger partial charge >= 0.3 is 0 Å². The predicted molar refractivity (Wildman–Crippen MR) is 78.7 cm³/mol. The number of sulfonamides is 1. The predicted octanol–water partition coefficient (Wildman–Crippen LogP) is 1.99. The molecule has 6 heteroatoms. The van der Waals surface area contributed by atoms with Crippen molar-refractivity contribution in [1.29, 1.82) is 0 Å². The lowest BCUT2D eigenvalue weighted by Crippen LogP contribution is -2.41. The number of pyridine rings is 1. The van der Waals surface area contributed by atoms with E-state index in [1.54, 1.807) is 37.5 Å². The van der Waals surface area contributed by atoms with E-state index in [-0.39, 0.29) is 10.9 Å². The third kappa shape index (κ3) is 1.96. The Hall–Kier alpha value is -1.66. The largest absolute Gasteiger partial charge is 0.398 e. The summed E-state index contributed by atoms with van der Waals surface area (Å²) < 4.78 is 26.9. The van der Waals surface area contributed by atoms with Gasteiger partial charge in [-0.1, -0.05) is 6.42 Å². The number of rotatable bonds is 3. The van der Waals surface area contributed by atoms with Crippen LogP contribution >= 0.6 is 0 Å². The van der Waals surface area contributed by atoms with Gasteiger partial charge in [0.15, 0.2) is 0 Å². The summed E-state index contributed by atoms with van der Waals surface area (Å²) in [6, 6.07) is 6.84. The number of nitrogens with zero attached hydrogens (tertiary/aromatic N) is 2. The Labute approximate surface area is 118 Å². The number of nitrogen functional groups attached to an aromatic ring is 1. The molecule has 0 aliphatic heterocycles. The van der Waals surface area contributed by atoms with Gasteiger partial charge in [0, 0.05) is 30.4 Å². The highest BCUT2D eigenvalue weighted by Gasteiger charge is 2.33. The Morgan fingerprint density at radius 2 is 2.05 bits per heavy atom. The zero-order chi connectivity index (χ0) is 14.3. The topological polar surface area (TPSA) is 76.3 Å². The van der Waals surface area contributed by atoms with Gasteiger partial charge in [0.2, 0.25) is 10.0 Å². The molecule has 1 aliphatic rings. The fraction of sp³-hybridized carbons (Fsp3) is 0.357. The molecule has 0 saturated heterocycles. The lowest BCUT2D eigenvalue weighted by atomic mass is 9.94. The highest BCUT2D eigenvalue weighted by Crippen LogP contribution is 2.32. The van der Waals surface area contributed by atoms with Crippen LogP contribution in [0.2, 0.25) is 0 Å². The van der Waals surface area contributed by atoms with Gasteiger partial charge in [0.05, 0.1) is 5.52 Å². The van der Waals surface area contributed by atoms with Crippen LogP contribution in [0.4, 0.5) is 5.69 Å². The maximum Gasteiger partial charge on any atom is 0.245 e. The molecule has 1 aromatic heterocycles. The Bertz CT molecular complexity index is 754. The fourth-order valence-electron chi connectivity index (χ4n) is 2.48. The minimum atomic E-state index is -3.53. The first-order chi connectivity index (χ1) is 9.51. The van der Waals surface area contributed by atoms with Gasteiger partial charge < -0.3 is 5.73 Å². The van der Waals surface area contributed by atoms with E-state index in [2.05, 4.69) is 4.98 Å². The van der Waals surface area contributed by atoms with Crippen LogP contribution in [-0.4, -0.2) is 30.8 Å². The Morgan fingerprint density at radius 1 is 1.30 bits per heavy atom. The van der Waals surface area contributed by atoms with Crippen molar-refractivity contribution in [3.8, 4) is 0 Å². The molecule has 1 aromatic carbocycles. The molecule has 1 saturated carbocycles. The molecular weight excluding hydrogens is 274 g/mol. The minimum absolute atomic E-state index is 0.108. The van der Waals surface area contributed by atoms with Crippen LogP contribution in [-0.2, 0) is 10.0 Å². The highest BCUT2D eigenvalue weighted by molar-refractivity contribution is 7.89. The van der Waals surface area contributed by atoms with Crippen LogP contribution in [0.1, 0.15) is 19.3 Å². The van der Waals surface area contributed by atoms with Gasteiger partial charge in [0.25, 0.3) is 0 Å². The molecule has 2 N–H and O–H groups in total. The van der Waals surface area contributed by atoms with E-state index < -0.39 is 10.0 Å². The molecule has 106 valence electrons. The molecular formula is C14H17N3O2S. The molecule has 5 nitrogen and oxygen atoms in total. The van der Waals surface area contributed by atoms with Gasteiger partial charge in [-0.15, -0.1) is 0 Å². The summed E-state index contributed by atoms with van der Waals surface area (Å²) in [6.45, 7) is 0. The molecule has 20 heavy (non-hydrogen) atoms. The quantitative estimate of drug-likeness (QED) is 0.877. The van der Waals surface area contributed by atoms with Crippen molar-refractivity contribution in [2.75, 3.05) is 12.8 Å². The molecule has 1 heterocycles. The van der Waals surface area contributed by atoms with E-state index in [1.165, 1.54) is 4.31 Å². The number of anilines is 1. The summed E-state index contributed by atoms with van der Waals surface area (Å²) in [7, 11) is -1.88. The van der Waals surface area contributed by atoms with Gasteiger partial charge in [-0.25, -0.2) is 8.42 Å². The van der Waals surface area contributed by atoms with Crippen LogP contribution < -0.4 is 5.73 Å². The highest BCUT2D eigenvalue weighted by atomic mass is 32.2. The van der Waals surface area contributed by atoms with Crippen molar-refractivity contribution in [2.45, 2.75) is 30.2 Å². The molecule has 0 bridgehead atoms. The normalized spacial score (nSPS) is 16.5. The molecule has 0 amide bonds. The second-order valence-corrected chi connectivity index (χ2v) is 7.12. The second kappa shape index (κ2) is 4.71. The molecule has 0 radical (unpaired) electrons. The first kappa shape index (κ1) is 13.3. The first-order valence-corrected chi connectivity index (χ1v) is 8.07. The van der Waals surface area contributed by atoms with E-state index in [0.717, 1.165) is 19.3 Å². The van der Waals surface area contributed by atoms with Gasteiger partial charge in [-0.2, -0.15) is 4.31 Å². The molecule has 2 aromatic rings. The summed E-state index contributed by atoms with van der Waals surface area (Å²) in [6.07, 6.45) is 4.53. The van der Waals surface area contributed by atoms with Crippen LogP contribution in [0.3, 0.4) is 0 Å².